The molecule has 4 unspecified atom stereocenters. The molecule has 0 aliphatic rings. The molecule has 0 radical (unpaired) electrons. The van der Waals surface area contributed by atoms with Gasteiger partial charge in [-0.25, -0.2) is 4.79 Å². The van der Waals surface area contributed by atoms with Crippen molar-refractivity contribution in [2.24, 2.45) is 11.5 Å². The van der Waals surface area contributed by atoms with Crippen molar-refractivity contribution in [3.05, 3.63) is 0 Å². The molecule has 0 saturated heterocycles. The van der Waals surface area contributed by atoms with Crippen molar-refractivity contribution >= 4 is 29.6 Å². The van der Waals surface area contributed by atoms with Gasteiger partial charge in [0.25, 0.3) is 0 Å². The first-order chi connectivity index (χ1) is 11.5. The van der Waals surface area contributed by atoms with E-state index in [4.69, 9.17) is 16.6 Å². The third-order valence-electron chi connectivity index (χ3n) is 3.00. The van der Waals surface area contributed by atoms with E-state index in [9.17, 15) is 29.1 Å². The lowest BCUT2D eigenvalue weighted by atomic mass is 10.2. The Kier molecular flexibility index (Phi) is 9.09. The third kappa shape index (κ3) is 8.62. The van der Waals surface area contributed by atoms with Crippen LogP contribution in [0.1, 0.15) is 20.3 Å². The SMILES string of the molecule is CC(NC(=O)C(N)CC(N)=O)C(=O)NCC(=O)NC(C(=O)O)C(C)O. The third-order valence-corrected chi connectivity index (χ3v) is 3.00. The van der Waals surface area contributed by atoms with E-state index in [0.29, 0.717) is 0 Å². The van der Waals surface area contributed by atoms with Crippen LogP contribution in [0.15, 0.2) is 0 Å². The standard InChI is InChI=1S/C13H23N5O7/c1-5(17-12(23)7(14)3-8(15)20)11(22)16-4-9(21)18-10(6(2)19)13(24)25/h5-7,10,19H,3-4,14H2,1-2H3,(H2,15,20)(H,16,22)(H,17,23)(H,18,21)(H,24,25). The van der Waals surface area contributed by atoms with E-state index >= 15 is 0 Å². The summed E-state index contributed by atoms with van der Waals surface area (Å²) in [5.41, 5.74) is 10.3. The van der Waals surface area contributed by atoms with E-state index in [1.54, 1.807) is 0 Å². The molecule has 25 heavy (non-hydrogen) atoms. The van der Waals surface area contributed by atoms with E-state index < -0.39 is 66.8 Å². The molecule has 0 saturated carbocycles. The van der Waals surface area contributed by atoms with Crippen LogP contribution in [0, 0.1) is 0 Å². The maximum Gasteiger partial charge on any atom is 0.328 e. The number of nitrogens with two attached hydrogens (primary N) is 2. The number of carboxylic acids is 1. The van der Waals surface area contributed by atoms with Gasteiger partial charge in [0.2, 0.25) is 23.6 Å². The van der Waals surface area contributed by atoms with Crippen LogP contribution in [-0.2, 0) is 24.0 Å². The summed E-state index contributed by atoms with van der Waals surface area (Å²) < 4.78 is 0. The molecule has 0 aliphatic heterocycles. The van der Waals surface area contributed by atoms with Crippen LogP contribution < -0.4 is 27.4 Å². The monoisotopic (exact) mass is 361 g/mol. The van der Waals surface area contributed by atoms with E-state index in [1.807, 2.05) is 5.32 Å². The first kappa shape index (κ1) is 22.3. The average molecular weight is 361 g/mol. The summed E-state index contributed by atoms with van der Waals surface area (Å²) in [5.74, 6) is -4.56. The average Bonchev–Trinajstić information content (AvgIpc) is 2.48. The molecule has 0 bridgehead atoms. The van der Waals surface area contributed by atoms with Gasteiger partial charge < -0.3 is 37.6 Å². The van der Waals surface area contributed by atoms with E-state index in [-0.39, 0.29) is 0 Å². The number of primary amides is 1. The largest absolute Gasteiger partial charge is 0.480 e. The van der Waals surface area contributed by atoms with Crippen molar-refractivity contribution in [2.45, 2.75) is 44.5 Å². The molecular formula is C13H23N5O7. The zero-order valence-electron chi connectivity index (χ0n) is 13.8. The molecule has 4 atom stereocenters. The van der Waals surface area contributed by atoms with Gasteiger partial charge >= 0.3 is 5.97 Å². The number of aliphatic carboxylic acids is 1. The smallest absolute Gasteiger partial charge is 0.328 e. The second-order valence-corrected chi connectivity index (χ2v) is 5.35. The number of aliphatic hydroxyl groups is 1. The number of aliphatic hydroxyl groups excluding tert-OH is 1. The number of hydrogen-bond donors (Lipinski definition) is 7. The van der Waals surface area contributed by atoms with Crippen molar-refractivity contribution in [1.29, 1.82) is 0 Å². The van der Waals surface area contributed by atoms with Crippen LogP contribution in [0.5, 0.6) is 0 Å². The fraction of sp³-hybridized carbons (Fsp3) is 0.615. The minimum absolute atomic E-state index is 0.390. The summed E-state index contributed by atoms with van der Waals surface area (Å²) in [4.78, 5) is 56.5. The van der Waals surface area contributed by atoms with Gasteiger partial charge in [-0.2, -0.15) is 0 Å². The molecule has 0 heterocycles. The minimum atomic E-state index is -1.52. The summed E-state index contributed by atoms with van der Waals surface area (Å²) in [5, 5.41) is 24.5. The van der Waals surface area contributed by atoms with E-state index in [2.05, 4.69) is 10.6 Å². The van der Waals surface area contributed by atoms with Gasteiger partial charge in [0.05, 0.1) is 25.1 Å². The van der Waals surface area contributed by atoms with Gasteiger partial charge in [0.15, 0.2) is 6.04 Å². The van der Waals surface area contributed by atoms with Gasteiger partial charge in [0, 0.05) is 0 Å². The zero-order valence-corrected chi connectivity index (χ0v) is 13.8. The lowest BCUT2D eigenvalue weighted by Crippen LogP contribution is -2.54. The molecule has 0 spiro atoms. The normalized spacial score (nSPS) is 15.2. The number of carbonyl (C=O) groups is 5. The lowest BCUT2D eigenvalue weighted by molar-refractivity contribution is -0.144. The van der Waals surface area contributed by atoms with E-state index in [0.717, 1.165) is 0 Å². The molecule has 0 aromatic rings. The summed E-state index contributed by atoms with van der Waals surface area (Å²) in [7, 11) is 0. The van der Waals surface area contributed by atoms with Gasteiger partial charge in [-0.1, -0.05) is 0 Å². The maximum absolute atomic E-state index is 11.8. The van der Waals surface area contributed by atoms with Crippen LogP contribution in [0.2, 0.25) is 0 Å². The topological polar surface area (TPSA) is 214 Å². The second kappa shape index (κ2) is 10.2. The number of carbonyl (C=O) groups excluding carboxylic acids is 4. The highest BCUT2D eigenvalue weighted by Crippen LogP contribution is 1.93. The predicted molar refractivity (Wildman–Crippen MR) is 83.6 cm³/mol. The summed E-state index contributed by atoms with van der Waals surface area (Å²) in [6.45, 7) is 1.94. The molecule has 142 valence electrons. The predicted octanol–water partition coefficient (Wildman–Crippen LogP) is -4.24. The molecule has 4 amide bonds. The fourth-order valence-electron chi connectivity index (χ4n) is 1.63. The first-order valence-corrected chi connectivity index (χ1v) is 7.27. The molecule has 0 aromatic heterocycles. The molecule has 0 fully saturated rings. The van der Waals surface area contributed by atoms with Crippen molar-refractivity contribution in [1.82, 2.24) is 16.0 Å². The number of amides is 4. The molecule has 9 N–H and O–H groups in total. The van der Waals surface area contributed by atoms with Crippen molar-refractivity contribution < 1.29 is 34.2 Å². The number of nitrogens with one attached hydrogen (secondary N) is 3. The van der Waals surface area contributed by atoms with E-state index in [1.165, 1.54) is 13.8 Å². The Bertz CT molecular complexity index is 537. The van der Waals surface area contributed by atoms with Gasteiger partial charge in [-0.05, 0) is 13.8 Å². The Morgan fingerprint density at radius 2 is 1.60 bits per heavy atom. The Labute approximate surface area is 143 Å². The quantitative estimate of drug-likeness (QED) is 0.202. The second-order valence-electron chi connectivity index (χ2n) is 5.35. The summed E-state index contributed by atoms with van der Waals surface area (Å²) in [6, 6.07) is -3.79. The summed E-state index contributed by atoms with van der Waals surface area (Å²) in [6.07, 6.45) is -1.72. The van der Waals surface area contributed by atoms with Gasteiger partial charge in [0.1, 0.15) is 6.04 Å². The highest BCUT2D eigenvalue weighted by Gasteiger charge is 2.26. The Hall–Kier alpha value is -2.73. The zero-order chi connectivity index (χ0) is 19.7. The highest BCUT2D eigenvalue weighted by atomic mass is 16.4. The molecule has 12 nitrogen and oxygen atoms in total. The lowest BCUT2D eigenvalue weighted by Gasteiger charge is -2.18. The highest BCUT2D eigenvalue weighted by molar-refractivity contribution is 5.93. The van der Waals surface area contributed by atoms with Gasteiger partial charge in [-0.3, -0.25) is 19.2 Å². The molecule has 0 aromatic carbocycles. The molecular weight excluding hydrogens is 338 g/mol. The Balaban J connectivity index is 4.40. The van der Waals surface area contributed by atoms with Crippen LogP contribution >= 0.6 is 0 Å². The Morgan fingerprint density at radius 1 is 1.04 bits per heavy atom. The Morgan fingerprint density at radius 3 is 2.04 bits per heavy atom. The fourth-order valence-corrected chi connectivity index (χ4v) is 1.63. The number of hydrogen-bond acceptors (Lipinski definition) is 7. The number of carboxylic acid groups (broad SMARTS) is 1. The molecule has 12 heteroatoms. The first-order valence-electron chi connectivity index (χ1n) is 7.27. The van der Waals surface area contributed by atoms with Crippen LogP contribution in [0.4, 0.5) is 0 Å². The van der Waals surface area contributed by atoms with Gasteiger partial charge in [-0.15, -0.1) is 0 Å². The maximum atomic E-state index is 11.8. The number of rotatable bonds is 10. The van der Waals surface area contributed by atoms with Crippen LogP contribution in [0.3, 0.4) is 0 Å². The van der Waals surface area contributed by atoms with Crippen molar-refractivity contribution in [2.75, 3.05) is 6.54 Å². The minimum Gasteiger partial charge on any atom is -0.480 e. The van der Waals surface area contributed by atoms with Crippen LogP contribution in [0.25, 0.3) is 0 Å². The molecule has 0 rings (SSSR count). The molecule has 0 aliphatic carbocycles. The van der Waals surface area contributed by atoms with Crippen LogP contribution in [-0.4, -0.2) is 70.6 Å². The summed E-state index contributed by atoms with van der Waals surface area (Å²) >= 11 is 0. The van der Waals surface area contributed by atoms with Crippen molar-refractivity contribution in [3.8, 4) is 0 Å². The van der Waals surface area contributed by atoms with Crippen molar-refractivity contribution in [3.63, 3.8) is 0 Å².